The number of amides is 1. The Morgan fingerprint density at radius 1 is 1.58 bits per heavy atom. The highest BCUT2D eigenvalue weighted by Gasteiger charge is 2.15. The Morgan fingerprint density at radius 3 is 3.05 bits per heavy atom. The van der Waals surface area contributed by atoms with Gasteiger partial charge in [-0.15, -0.1) is 23.1 Å². The molecule has 106 valence electrons. The number of thioether (sulfide) groups is 1. The molecule has 1 fully saturated rings. The van der Waals surface area contributed by atoms with Crippen LogP contribution in [0, 0.1) is 0 Å². The summed E-state index contributed by atoms with van der Waals surface area (Å²) < 4.78 is 0. The van der Waals surface area contributed by atoms with Gasteiger partial charge in [-0.1, -0.05) is 6.07 Å². The van der Waals surface area contributed by atoms with Gasteiger partial charge < -0.3 is 10.6 Å². The lowest BCUT2D eigenvalue weighted by Gasteiger charge is -2.22. The summed E-state index contributed by atoms with van der Waals surface area (Å²) in [7, 11) is 0. The number of carbonyl (C=O) groups is 1. The molecular formula is C14H22N2OS2. The van der Waals surface area contributed by atoms with Crippen molar-refractivity contribution in [3.8, 4) is 0 Å². The van der Waals surface area contributed by atoms with Gasteiger partial charge in [0.25, 0.3) is 0 Å². The van der Waals surface area contributed by atoms with E-state index < -0.39 is 0 Å². The van der Waals surface area contributed by atoms with Crippen LogP contribution in [0.15, 0.2) is 17.5 Å². The summed E-state index contributed by atoms with van der Waals surface area (Å²) in [6.07, 6.45) is 3.30. The summed E-state index contributed by atoms with van der Waals surface area (Å²) in [6, 6.07) is 4.40. The van der Waals surface area contributed by atoms with Gasteiger partial charge >= 0.3 is 0 Å². The maximum Gasteiger partial charge on any atom is 0.230 e. The molecule has 1 aliphatic rings. The number of hydrogen-bond donors (Lipinski definition) is 2. The Bertz CT molecular complexity index is 375. The van der Waals surface area contributed by atoms with Gasteiger partial charge in [0.15, 0.2) is 0 Å². The van der Waals surface area contributed by atoms with E-state index in [1.54, 1.807) is 23.1 Å². The lowest BCUT2D eigenvalue weighted by molar-refractivity contribution is -0.119. The Labute approximate surface area is 123 Å². The molecule has 0 aromatic carbocycles. The smallest absolute Gasteiger partial charge is 0.230 e. The molecule has 2 rings (SSSR count). The number of nitrogens with one attached hydrogen (secondary N) is 2. The second kappa shape index (κ2) is 7.92. The van der Waals surface area contributed by atoms with E-state index in [0.717, 1.165) is 19.5 Å². The number of rotatable bonds is 6. The van der Waals surface area contributed by atoms with Crippen LogP contribution in [-0.4, -0.2) is 36.0 Å². The molecular weight excluding hydrogens is 276 g/mol. The predicted molar refractivity (Wildman–Crippen MR) is 84.0 cm³/mol. The van der Waals surface area contributed by atoms with E-state index in [0.29, 0.717) is 11.0 Å². The van der Waals surface area contributed by atoms with Gasteiger partial charge in [0, 0.05) is 22.6 Å². The molecule has 2 heterocycles. The van der Waals surface area contributed by atoms with Crippen LogP contribution in [0.2, 0.25) is 0 Å². The van der Waals surface area contributed by atoms with Crippen LogP contribution >= 0.6 is 23.1 Å². The fraction of sp³-hybridized carbons (Fsp3) is 0.643. The second-order valence-electron chi connectivity index (χ2n) is 5.01. The first-order chi connectivity index (χ1) is 9.24. The lowest BCUT2D eigenvalue weighted by Crippen LogP contribution is -2.36. The molecule has 0 bridgehead atoms. The molecule has 0 spiro atoms. The van der Waals surface area contributed by atoms with Crippen LogP contribution in [0.5, 0.6) is 0 Å². The maximum atomic E-state index is 11.9. The average molecular weight is 298 g/mol. The highest BCUT2D eigenvalue weighted by atomic mass is 32.2. The van der Waals surface area contributed by atoms with Crippen LogP contribution < -0.4 is 10.6 Å². The van der Waals surface area contributed by atoms with Gasteiger partial charge in [-0.25, -0.2) is 0 Å². The first kappa shape index (κ1) is 14.9. The molecule has 1 amide bonds. The third kappa shape index (κ3) is 5.55. The first-order valence-corrected chi connectivity index (χ1v) is 8.81. The van der Waals surface area contributed by atoms with E-state index in [9.17, 15) is 4.79 Å². The first-order valence-electron chi connectivity index (χ1n) is 6.88. The van der Waals surface area contributed by atoms with Crippen molar-refractivity contribution < 1.29 is 4.79 Å². The van der Waals surface area contributed by atoms with Crippen molar-refractivity contribution in [3.63, 3.8) is 0 Å². The normalized spacial score (nSPS) is 18.2. The van der Waals surface area contributed by atoms with Crippen LogP contribution in [0.3, 0.4) is 0 Å². The maximum absolute atomic E-state index is 11.9. The molecule has 19 heavy (non-hydrogen) atoms. The topological polar surface area (TPSA) is 41.1 Å². The lowest BCUT2D eigenvalue weighted by atomic mass is 10.2. The van der Waals surface area contributed by atoms with E-state index >= 15 is 0 Å². The zero-order valence-corrected chi connectivity index (χ0v) is 13.0. The van der Waals surface area contributed by atoms with Crippen molar-refractivity contribution >= 4 is 29.0 Å². The molecule has 1 atom stereocenters. The molecule has 0 radical (unpaired) electrons. The minimum atomic E-state index is 0.174. The Kier molecular flexibility index (Phi) is 6.20. The standard InChI is InChI=1S/C14H22N2OS2/c1-11(9-13-3-2-8-18-13)16-14(17)10-19-12-4-6-15-7-5-12/h2-3,8,11-12,15H,4-7,9-10H2,1H3,(H,16,17). The Hall–Kier alpha value is -0.520. The average Bonchev–Trinajstić information content (AvgIpc) is 2.90. The van der Waals surface area contributed by atoms with Crippen molar-refractivity contribution in [1.29, 1.82) is 0 Å². The van der Waals surface area contributed by atoms with E-state index in [-0.39, 0.29) is 11.9 Å². The van der Waals surface area contributed by atoms with E-state index in [1.807, 2.05) is 0 Å². The Morgan fingerprint density at radius 2 is 2.37 bits per heavy atom. The van der Waals surface area contributed by atoms with Gasteiger partial charge in [-0.2, -0.15) is 0 Å². The van der Waals surface area contributed by atoms with Gasteiger partial charge in [-0.05, 0) is 44.3 Å². The molecule has 1 saturated heterocycles. The highest BCUT2D eigenvalue weighted by Crippen LogP contribution is 2.19. The zero-order valence-electron chi connectivity index (χ0n) is 11.4. The number of hydrogen-bond acceptors (Lipinski definition) is 4. The fourth-order valence-corrected chi connectivity index (χ4v) is 4.13. The highest BCUT2D eigenvalue weighted by molar-refractivity contribution is 8.00. The summed E-state index contributed by atoms with van der Waals surface area (Å²) in [5.41, 5.74) is 0. The van der Waals surface area contributed by atoms with Crippen molar-refractivity contribution in [1.82, 2.24) is 10.6 Å². The predicted octanol–water partition coefficient (Wildman–Crippen LogP) is 2.28. The number of piperidine rings is 1. The van der Waals surface area contributed by atoms with Crippen molar-refractivity contribution in [2.75, 3.05) is 18.8 Å². The van der Waals surface area contributed by atoms with Crippen molar-refractivity contribution in [2.24, 2.45) is 0 Å². The van der Waals surface area contributed by atoms with E-state index in [4.69, 9.17) is 0 Å². The fourth-order valence-electron chi connectivity index (χ4n) is 2.25. The largest absolute Gasteiger partial charge is 0.353 e. The van der Waals surface area contributed by atoms with Crippen LogP contribution in [-0.2, 0) is 11.2 Å². The van der Waals surface area contributed by atoms with Crippen molar-refractivity contribution in [2.45, 2.75) is 37.5 Å². The van der Waals surface area contributed by atoms with E-state index in [1.165, 1.54) is 17.7 Å². The van der Waals surface area contributed by atoms with Gasteiger partial charge in [0.05, 0.1) is 5.75 Å². The summed E-state index contributed by atoms with van der Waals surface area (Å²) >= 11 is 3.56. The third-order valence-corrected chi connectivity index (χ3v) is 5.50. The van der Waals surface area contributed by atoms with Gasteiger partial charge in [0.2, 0.25) is 5.91 Å². The second-order valence-corrected chi connectivity index (χ2v) is 7.33. The number of carbonyl (C=O) groups excluding carboxylic acids is 1. The summed E-state index contributed by atoms with van der Waals surface area (Å²) in [5.74, 6) is 0.770. The summed E-state index contributed by atoms with van der Waals surface area (Å²) in [5, 5.41) is 9.17. The molecule has 0 saturated carbocycles. The summed E-state index contributed by atoms with van der Waals surface area (Å²) in [6.45, 7) is 4.26. The monoisotopic (exact) mass is 298 g/mol. The minimum absolute atomic E-state index is 0.174. The van der Waals surface area contributed by atoms with Crippen LogP contribution in [0.4, 0.5) is 0 Å². The Balaban J connectivity index is 1.63. The molecule has 1 aromatic heterocycles. The van der Waals surface area contributed by atoms with E-state index in [2.05, 4.69) is 35.1 Å². The SMILES string of the molecule is CC(Cc1cccs1)NC(=O)CSC1CCNCC1. The zero-order chi connectivity index (χ0) is 13.5. The third-order valence-electron chi connectivity index (χ3n) is 3.23. The quantitative estimate of drug-likeness (QED) is 0.846. The van der Waals surface area contributed by atoms with Crippen LogP contribution in [0.25, 0.3) is 0 Å². The summed E-state index contributed by atoms with van der Waals surface area (Å²) in [4.78, 5) is 13.2. The molecule has 3 nitrogen and oxygen atoms in total. The molecule has 2 N–H and O–H groups in total. The molecule has 1 unspecified atom stereocenters. The molecule has 1 aromatic rings. The minimum Gasteiger partial charge on any atom is -0.353 e. The van der Waals surface area contributed by atoms with Crippen molar-refractivity contribution in [3.05, 3.63) is 22.4 Å². The molecule has 0 aliphatic carbocycles. The molecule has 1 aliphatic heterocycles. The van der Waals surface area contributed by atoms with Gasteiger partial charge in [-0.3, -0.25) is 4.79 Å². The van der Waals surface area contributed by atoms with Crippen LogP contribution in [0.1, 0.15) is 24.6 Å². The molecule has 5 heteroatoms. The van der Waals surface area contributed by atoms with Gasteiger partial charge in [0.1, 0.15) is 0 Å². The number of thiophene rings is 1.